The molecule has 0 bridgehead atoms. The van der Waals surface area contributed by atoms with Crippen LogP contribution in [0.2, 0.25) is 0 Å². The van der Waals surface area contributed by atoms with Crippen molar-refractivity contribution in [3.8, 4) is 0 Å². The Labute approximate surface area is 245 Å². The largest absolute Gasteiger partial charge is 0.459 e. The second-order valence-electron chi connectivity index (χ2n) is 10.3. The van der Waals surface area contributed by atoms with E-state index in [0.717, 1.165) is 17.5 Å². The quantitative estimate of drug-likeness (QED) is 0.165. The van der Waals surface area contributed by atoms with Crippen molar-refractivity contribution in [3.63, 3.8) is 0 Å². The van der Waals surface area contributed by atoms with Crippen LogP contribution in [0.4, 0.5) is 4.79 Å². The number of nitrogens with one attached hydrogen (secondary N) is 3. The summed E-state index contributed by atoms with van der Waals surface area (Å²) in [5.74, 6) is -2.47. The molecule has 0 radical (unpaired) electrons. The highest BCUT2D eigenvalue weighted by atomic mass is 16.6. The summed E-state index contributed by atoms with van der Waals surface area (Å²) >= 11 is 0. The Morgan fingerprint density at radius 1 is 0.881 bits per heavy atom. The Balaban J connectivity index is 1.51. The molecule has 3 N–H and O–H groups in total. The fourth-order valence-electron chi connectivity index (χ4n) is 4.33. The van der Waals surface area contributed by atoms with Crippen molar-refractivity contribution < 1.29 is 38.2 Å². The number of cyclic esters (lactones) is 1. The van der Waals surface area contributed by atoms with Crippen LogP contribution in [0.3, 0.4) is 0 Å². The summed E-state index contributed by atoms with van der Waals surface area (Å²) in [7, 11) is 0. The summed E-state index contributed by atoms with van der Waals surface area (Å²) in [6, 6.07) is 16.2. The molecule has 5 atom stereocenters. The maximum absolute atomic E-state index is 12.9. The Morgan fingerprint density at radius 2 is 1.48 bits per heavy atom. The van der Waals surface area contributed by atoms with Gasteiger partial charge in [0.2, 0.25) is 5.91 Å². The van der Waals surface area contributed by atoms with Crippen LogP contribution in [0.1, 0.15) is 51.2 Å². The van der Waals surface area contributed by atoms with Crippen LogP contribution in [-0.4, -0.2) is 54.6 Å². The zero-order chi connectivity index (χ0) is 30.5. The number of benzene rings is 2. The third-order valence-electron chi connectivity index (χ3n) is 7.09. The van der Waals surface area contributed by atoms with Gasteiger partial charge in [0.05, 0.1) is 0 Å². The molecule has 1 aliphatic rings. The second-order valence-corrected chi connectivity index (χ2v) is 10.3. The van der Waals surface area contributed by atoms with Gasteiger partial charge >= 0.3 is 18.0 Å². The molecule has 3 amide bonds. The molecule has 0 aromatic heterocycles. The van der Waals surface area contributed by atoms with Crippen LogP contribution in [-0.2, 0) is 46.6 Å². The van der Waals surface area contributed by atoms with E-state index in [1.54, 1.807) is 12.1 Å². The van der Waals surface area contributed by atoms with Crippen LogP contribution < -0.4 is 16.0 Å². The van der Waals surface area contributed by atoms with Gasteiger partial charge in [0.1, 0.15) is 31.2 Å². The minimum Gasteiger partial charge on any atom is -0.459 e. The molecule has 1 aliphatic heterocycles. The van der Waals surface area contributed by atoms with Gasteiger partial charge in [-0.1, -0.05) is 80.9 Å². The van der Waals surface area contributed by atoms with E-state index >= 15 is 0 Å². The van der Waals surface area contributed by atoms with Crippen molar-refractivity contribution in [3.05, 3.63) is 71.8 Å². The first-order valence-corrected chi connectivity index (χ1v) is 14.2. The smallest absolute Gasteiger partial charge is 0.408 e. The van der Waals surface area contributed by atoms with E-state index in [0.29, 0.717) is 6.42 Å². The van der Waals surface area contributed by atoms with Crippen LogP contribution in [0.25, 0.3) is 0 Å². The number of amides is 3. The Kier molecular flexibility index (Phi) is 12.3. The molecule has 42 heavy (non-hydrogen) atoms. The van der Waals surface area contributed by atoms with Crippen LogP contribution in [0.15, 0.2) is 60.7 Å². The van der Waals surface area contributed by atoms with Crippen molar-refractivity contribution in [1.29, 1.82) is 0 Å². The van der Waals surface area contributed by atoms with Crippen molar-refractivity contribution in [2.45, 2.75) is 71.4 Å². The van der Waals surface area contributed by atoms with E-state index in [1.165, 1.54) is 6.92 Å². The minimum absolute atomic E-state index is 0.0203. The first kappa shape index (κ1) is 32.1. The van der Waals surface area contributed by atoms with Crippen molar-refractivity contribution in [2.75, 3.05) is 6.54 Å². The Morgan fingerprint density at radius 3 is 2.05 bits per heavy atom. The molecule has 2 unspecified atom stereocenters. The standard InChI is InChI=1S/C31H39N3O8/c1-4-20(2)25-26(42-30(25)38)28(36)32-17-11-16-24(29(37)40-18-22-12-7-5-8-13-22)34-27(35)21(3)33-31(39)41-19-23-14-9-6-10-15-23/h5-10,12-15,20-21,24-26H,4,11,16-19H2,1-3H3,(H,32,36)(H,33,39)(H,34,35)/t20-,21-,24-,25?,26?/m0/s1. The zero-order valence-electron chi connectivity index (χ0n) is 24.2. The average Bonchev–Trinajstić information content (AvgIpc) is 2.99. The first-order valence-electron chi connectivity index (χ1n) is 14.2. The van der Waals surface area contributed by atoms with Crippen LogP contribution >= 0.6 is 0 Å². The van der Waals surface area contributed by atoms with Gasteiger partial charge in [-0.05, 0) is 36.8 Å². The summed E-state index contributed by atoms with van der Waals surface area (Å²) in [5, 5.41) is 7.83. The molecule has 11 heteroatoms. The fourth-order valence-corrected chi connectivity index (χ4v) is 4.33. The monoisotopic (exact) mass is 581 g/mol. The van der Waals surface area contributed by atoms with E-state index in [4.69, 9.17) is 14.2 Å². The fraction of sp³-hybridized carbons (Fsp3) is 0.452. The van der Waals surface area contributed by atoms with Crippen molar-refractivity contribution >= 4 is 29.8 Å². The van der Waals surface area contributed by atoms with Gasteiger partial charge in [-0.3, -0.25) is 14.4 Å². The van der Waals surface area contributed by atoms with E-state index in [9.17, 15) is 24.0 Å². The summed E-state index contributed by atoms with van der Waals surface area (Å²) < 4.78 is 15.7. The lowest BCUT2D eigenvalue weighted by atomic mass is 9.83. The molecule has 2 aromatic rings. The predicted octanol–water partition coefficient (Wildman–Crippen LogP) is 3.01. The summed E-state index contributed by atoms with van der Waals surface area (Å²) in [6.07, 6.45) is -0.377. The molecule has 11 nitrogen and oxygen atoms in total. The van der Waals surface area contributed by atoms with Gasteiger partial charge < -0.3 is 30.2 Å². The molecule has 1 fully saturated rings. The number of hydrogen-bond acceptors (Lipinski definition) is 8. The zero-order valence-corrected chi connectivity index (χ0v) is 24.2. The van der Waals surface area contributed by atoms with Crippen molar-refractivity contribution in [1.82, 2.24) is 16.0 Å². The molecule has 1 saturated heterocycles. The van der Waals surface area contributed by atoms with Gasteiger partial charge in [0.25, 0.3) is 5.91 Å². The number of rotatable bonds is 15. The molecule has 226 valence electrons. The van der Waals surface area contributed by atoms with Gasteiger partial charge in [-0.25, -0.2) is 9.59 Å². The molecule has 2 aromatic carbocycles. The first-order chi connectivity index (χ1) is 20.2. The predicted molar refractivity (Wildman–Crippen MR) is 152 cm³/mol. The number of esters is 2. The van der Waals surface area contributed by atoms with E-state index in [1.807, 2.05) is 62.4 Å². The second kappa shape index (κ2) is 16.1. The van der Waals surface area contributed by atoms with E-state index in [-0.39, 0.29) is 44.0 Å². The number of alkyl carbamates (subject to hydrolysis) is 1. The van der Waals surface area contributed by atoms with E-state index < -0.39 is 42.1 Å². The van der Waals surface area contributed by atoms with Gasteiger partial charge in [0, 0.05) is 6.54 Å². The van der Waals surface area contributed by atoms with Gasteiger partial charge in [0.15, 0.2) is 6.10 Å². The highest BCUT2D eigenvalue weighted by Crippen LogP contribution is 2.31. The molecule has 0 saturated carbocycles. The van der Waals surface area contributed by atoms with Gasteiger partial charge in [-0.15, -0.1) is 0 Å². The molecule has 0 aliphatic carbocycles. The molecule has 1 heterocycles. The SMILES string of the molecule is CC[C@H](C)C1C(=O)OC1C(=O)NCCC[C@H](NC(=O)[C@H](C)NC(=O)OCc1ccccc1)C(=O)OCc1ccccc1. The third kappa shape index (κ3) is 9.60. The molecule has 0 spiro atoms. The lowest BCUT2D eigenvalue weighted by Gasteiger charge is -2.37. The number of carbonyl (C=O) groups is 5. The summed E-state index contributed by atoms with van der Waals surface area (Å²) in [4.78, 5) is 62.4. The maximum Gasteiger partial charge on any atom is 0.408 e. The highest BCUT2D eigenvalue weighted by molar-refractivity contribution is 5.94. The summed E-state index contributed by atoms with van der Waals surface area (Å²) in [6.45, 7) is 5.57. The summed E-state index contributed by atoms with van der Waals surface area (Å²) in [5.41, 5.74) is 1.58. The van der Waals surface area contributed by atoms with Crippen LogP contribution in [0, 0.1) is 11.8 Å². The highest BCUT2D eigenvalue weighted by Gasteiger charge is 2.49. The number of hydrogen-bond donors (Lipinski definition) is 3. The molecular formula is C31H39N3O8. The average molecular weight is 582 g/mol. The number of ether oxygens (including phenoxy) is 3. The van der Waals surface area contributed by atoms with Crippen molar-refractivity contribution in [2.24, 2.45) is 11.8 Å². The Bertz CT molecular complexity index is 1210. The minimum atomic E-state index is -1.03. The topological polar surface area (TPSA) is 149 Å². The molecular weight excluding hydrogens is 542 g/mol. The lowest BCUT2D eigenvalue weighted by molar-refractivity contribution is -0.193. The Hall–Kier alpha value is -4.41. The lowest BCUT2D eigenvalue weighted by Crippen LogP contribution is -2.56. The van der Waals surface area contributed by atoms with E-state index in [2.05, 4.69) is 16.0 Å². The van der Waals surface area contributed by atoms with Gasteiger partial charge in [-0.2, -0.15) is 0 Å². The normalized spacial score (nSPS) is 17.8. The van der Waals surface area contributed by atoms with Crippen LogP contribution in [0.5, 0.6) is 0 Å². The number of carbonyl (C=O) groups excluding carboxylic acids is 5. The maximum atomic E-state index is 12.9. The molecule has 3 rings (SSSR count). The third-order valence-corrected chi connectivity index (χ3v) is 7.09.